The second-order valence-corrected chi connectivity index (χ2v) is 6.15. The van der Waals surface area contributed by atoms with Crippen LogP contribution in [0.3, 0.4) is 0 Å². The van der Waals surface area contributed by atoms with Gasteiger partial charge in [0, 0.05) is 10.7 Å². The minimum atomic E-state index is -0.169. The summed E-state index contributed by atoms with van der Waals surface area (Å²) in [7, 11) is 0. The lowest BCUT2D eigenvalue weighted by atomic mass is 10.0. The summed E-state index contributed by atoms with van der Waals surface area (Å²) in [5.74, 6) is 0.321. The average Bonchev–Trinajstić information content (AvgIpc) is 2.48. The molecule has 22 heavy (non-hydrogen) atoms. The third-order valence-corrected chi connectivity index (χ3v) is 3.78. The Bertz CT molecular complexity index is 654. The Kier molecular flexibility index (Phi) is 5.69. The zero-order chi connectivity index (χ0) is 16.1. The topological polar surface area (TPSA) is 41.1 Å². The molecule has 0 unspecified atom stereocenters. The zero-order valence-electron chi connectivity index (χ0n) is 12.5. The standard InChI is InChI=1S/C17H18Cl2N2O/c1-11(2)12-3-6-14(7-4-12)20-10-17(22)21-16-8-5-13(18)9-15(16)19/h3-9,11,20H,10H2,1-2H3,(H,21,22). The number of hydrogen-bond acceptors (Lipinski definition) is 2. The summed E-state index contributed by atoms with van der Waals surface area (Å²) in [6.45, 7) is 4.46. The number of anilines is 2. The molecule has 0 heterocycles. The fourth-order valence-corrected chi connectivity index (χ4v) is 2.41. The van der Waals surface area contributed by atoms with Crippen LogP contribution in [-0.2, 0) is 4.79 Å². The van der Waals surface area contributed by atoms with Crippen LogP contribution < -0.4 is 10.6 Å². The molecule has 0 saturated carbocycles. The summed E-state index contributed by atoms with van der Waals surface area (Å²) in [5.41, 5.74) is 2.72. The maximum Gasteiger partial charge on any atom is 0.243 e. The van der Waals surface area contributed by atoms with Crippen LogP contribution in [0.5, 0.6) is 0 Å². The maximum absolute atomic E-state index is 11.9. The number of carbonyl (C=O) groups is 1. The summed E-state index contributed by atoms with van der Waals surface area (Å²) in [4.78, 5) is 11.9. The predicted octanol–water partition coefficient (Wildman–Crippen LogP) is 5.17. The molecule has 0 fully saturated rings. The fourth-order valence-electron chi connectivity index (χ4n) is 1.95. The van der Waals surface area contributed by atoms with Crippen molar-refractivity contribution in [1.82, 2.24) is 0 Å². The van der Waals surface area contributed by atoms with E-state index in [0.717, 1.165) is 5.69 Å². The Labute approximate surface area is 140 Å². The lowest BCUT2D eigenvalue weighted by molar-refractivity contribution is -0.114. The number of halogens is 2. The molecule has 0 radical (unpaired) electrons. The van der Waals surface area contributed by atoms with E-state index in [1.54, 1.807) is 18.2 Å². The van der Waals surface area contributed by atoms with E-state index in [9.17, 15) is 4.79 Å². The fraction of sp³-hybridized carbons (Fsp3) is 0.235. The van der Waals surface area contributed by atoms with Crippen molar-refractivity contribution in [3.8, 4) is 0 Å². The monoisotopic (exact) mass is 336 g/mol. The van der Waals surface area contributed by atoms with Gasteiger partial charge in [-0.15, -0.1) is 0 Å². The normalized spacial score (nSPS) is 10.6. The van der Waals surface area contributed by atoms with E-state index in [1.807, 2.05) is 12.1 Å². The first-order valence-electron chi connectivity index (χ1n) is 7.04. The smallest absolute Gasteiger partial charge is 0.243 e. The van der Waals surface area contributed by atoms with Gasteiger partial charge in [0.05, 0.1) is 17.3 Å². The largest absolute Gasteiger partial charge is 0.376 e. The Morgan fingerprint density at radius 3 is 2.36 bits per heavy atom. The van der Waals surface area contributed by atoms with Crippen molar-refractivity contribution in [3.05, 3.63) is 58.1 Å². The van der Waals surface area contributed by atoms with Gasteiger partial charge in [-0.2, -0.15) is 0 Å². The van der Waals surface area contributed by atoms with Gasteiger partial charge in [-0.1, -0.05) is 49.2 Å². The molecule has 3 nitrogen and oxygen atoms in total. The van der Waals surface area contributed by atoms with E-state index in [1.165, 1.54) is 5.56 Å². The van der Waals surface area contributed by atoms with Crippen LogP contribution in [0.4, 0.5) is 11.4 Å². The second-order valence-electron chi connectivity index (χ2n) is 5.30. The van der Waals surface area contributed by atoms with Gasteiger partial charge in [0.25, 0.3) is 0 Å². The van der Waals surface area contributed by atoms with E-state index in [-0.39, 0.29) is 12.5 Å². The molecule has 0 aliphatic carbocycles. The third kappa shape index (κ3) is 4.65. The third-order valence-electron chi connectivity index (χ3n) is 3.24. The summed E-state index contributed by atoms with van der Waals surface area (Å²) >= 11 is 11.8. The summed E-state index contributed by atoms with van der Waals surface area (Å²) in [5, 5.41) is 6.78. The Hall–Kier alpha value is -1.71. The lowest BCUT2D eigenvalue weighted by Gasteiger charge is -2.10. The number of benzene rings is 2. The highest BCUT2D eigenvalue weighted by Gasteiger charge is 2.06. The molecule has 2 aromatic carbocycles. The van der Waals surface area contributed by atoms with Crippen LogP contribution in [0.15, 0.2) is 42.5 Å². The molecule has 0 aliphatic heterocycles. The molecule has 0 bridgehead atoms. The van der Waals surface area contributed by atoms with Crippen LogP contribution in [0.1, 0.15) is 25.3 Å². The number of nitrogens with one attached hydrogen (secondary N) is 2. The van der Waals surface area contributed by atoms with E-state index in [2.05, 4.69) is 36.6 Å². The Morgan fingerprint density at radius 1 is 1.09 bits per heavy atom. The number of amides is 1. The Balaban J connectivity index is 1.89. The van der Waals surface area contributed by atoms with Crippen LogP contribution in [0.2, 0.25) is 10.0 Å². The molecular weight excluding hydrogens is 319 g/mol. The quantitative estimate of drug-likeness (QED) is 0.790. The summed E-state index contributed by atoms with van der Waals surface area (Å²) in [6, 6.07) is 13.0. The van der Waals surface area contributed by atoms with Crippen LogP contribution >= 0.6 is 23.2 Å². The first kappa shape index (κ1) is 16.7. The molecule has 2 aromatic rings. The van der Waals surface area contributed by atoms with Gasteiger partial charge >= 0.3 is 0 Å². The van der Waals surface area contributed by atoms with Gasteiger partial charge in [0.2, 0.25) is 5.91 Å². The van der Waals surface area contributed by atoms with Gasteiger partial charge in [-0.25, -0.2) is 0 Å². The van der Waals surface area contributed by atoms with Crippen molar-refractivity contribution in [3.63, 3.8) is 0 Å². The van der Waals surface area contributed by atoms with Crippen molar-refractivity contribution < 1.29 is 4.79 Å². The number of rotatable bonds is 5. The minimum Gasteiger partial charge on any atom is -0.376 e. The van der Waals surface area contributed by atoms with Crippen LogP contribution in [0, 0.1) is 0 Å². The number of hydrogen-bond donors (Lipinski definition) is 2. The first-order chi connectivity index (χ1) is 10.5. The van der Waals surface area contributed by atoms with E-state index < -0.39 is 0 Å². The maximum atomic E-state index is 11.9. The average molecular weight is 337 g/mol. The highest BCUT2D eigenvalue weighted by Crippen LogP contribution is 2.25. The molecule has 2 N–H and O–H groups in total. The van der Waals surface area contributed by atoms with Crippen molar-refractivity contribution in [2.75, 3.05) is 17.2 Å². The van der Waals surface area contributed by atoms with Gasteiger partial charge in [-0.05, 0) is 41.8 Å². The summed E-state index contributed by atoms with van der Waals surface area (Å²) in [6.07, 6.45) is 0. The molecule has 0 aliphatic rings. The predicted molar refractivity (Wildman–Crippen MR) is 94.1 cm³/mol. The van der Waals surface area contributed by atoms with Crippen molar-refractivity contribution in [2.24, 2.45) is 0 Å². The number of carbonyl (C=O) groups excluding carboxylic acids is 1. The SMILES string of the molecule is CC(C)c1ccc(NCC(=O)Nc2ccc(Cl)cc2Cl)cc1. The molecule has 0 atom stereocenters. The molecule has 0 saturated heterocycles. The van der Waals surface area contributed by atoms with Crippen molar-refractivity contribution in [2.45, 2.75) is 19.8 Å². The van der Waals surface area contributed by atoms with Gasteiger partial charge in [-0.3, -0.25) is 4.79 Å². The second kappa shape index (κ2) is 7.52. The van der Waals surface area contributed by atoms with Gasteiger partial charge in [0.1, 0.15) is 0 Å². The van der Waals surface area contributed by atoms with Gasteiger partial charge in [0.15, 0.2) is 0 Å². The van der Waals surface area contributed by atoms with Crippen molar-refractivity contribution in [1.29, 1.82) is 0 Å². The van der Waals surface area contributed by atoms with E-state index in [4.69, 9.17) is 23.2 Å². The van der Waals surface area contributed by atoms with Crippen molar-refractivity contribution >= 4 is 40.5 Å². The summed E-state index contributed by atoms with van der Waals surface area (Å²) < 4.78 is 0. The van der Waals surface area contributed by atoms with Crippen LogP contribution in [0.25, 0.3) is 0 Å². The first-order valence-corrected chi connectivity index (χ1v) is 7.80. The van der Waals surface area contributed by atoms with Gasteiger partial charge < -0.3 is 10.6 Å². The van der Waals surface area contributed by atoms with E-state index in [0.29, 0.717) is 21.7 Å². The molecule has 2 rings (SSSR count). The highest BCUT2D eigenvalue weighted by molar-refractivity contribution is 6.36. The lowest BCUT2D eigenvalue weighted by Crippen LogP contribution is -2.21. The molecule has 0 aromatic heterocycles. The Morgan fingerprint density at radius 2 is 1.77 bits per heavy atom. The minimum absolute atomic E-state index is 0.167. The van der Waals surface area contributed by atoms with E-state index >= 15 is 0 Å². The molecular formula is C17H18Cl2N2O. The molecule has 0 spiro atoms. The zero-order valence-corrected chi connectivity index (χ0v) is 14.0. The highest BCUT2D eigenvalue weighted by atomic mass is 35.5. The molecule has 116 valence electrons. The van der Waals surface area contributed by atoms with Crippen LogP contribution in [-0.4, -0.2) is 12.5 Å². The molecule has 1 amide bonds. The molecule has 5 heteroatoms.